The molecule has 0 fully saturated rings. The summed E-state index contributed by atoms with van der Waals surface area (Å²) < 4.78 is 46.2. The molecule has 4 rings (SSSR count). The summed E-state index contributed by atoms with van der Waals surface area (Å²) in [5, 5.41) is 0.454. The van der Waals surface area contributed by atoms with Crippen molar-refractivity contribution in [2.24, 2.45) is 0 Å². The van der Waals surface area contributed by atoms with Crippen LogP contribution >= 0.6 is 0 Å². The number of halogens is 3. The quantitative estimate of drug-likeness (QED) is 0.404. The van der Waals surface area contributed by atoms with Crippen molar-refractivity contribution in [1.29, 1.82) is 0 Å². The van der Waals surface area contributed by atoms with Crippen LogP contribution in [0.15, 0.2) is 85.1 Å². The van der Waals surface area contributed by atoms with Gasteiger partial charge in [-0.2, -0.15) is 13.2 Å². The summed E-state index contributed by atoms with van der Waals surface area (Å²) in [7, 11) is 0. The third-order valence-electron chi connectivity index (χ3n) is 4.48. The van der Waals surface area contributed by atoms with Crippen LogP contribution in [0.3, 0.4) is 0 Å². The number of ether oxygens (including phenoxy) is 1. The summed E-state index contributed by atoms with van der Waals surface area (Å²) in [5.74, 6) is 0.686. The Bertz CT molecular complexity index is 1090. The van der Waals surface area contributed by atoms with Gasteiger partial charge < -0.3 is 4.74 Å². The van der Waals surface area contributed by atoms with Crippen LogP contribution in [0.5, 0.6) is 5.75 Å². The predicted octanol–water partition coefficient (Wildman–Crippen LogP) is 6.50. The van der Waals surface area contributed by atoms with Crippen LogP contribution in [0.4, 0.5) is 13.2 Å². The molecule has 0 aliphatic carbocycles. The van der Waals surface area contributed by atoms with Gasteiger partial charge in [0.05, 0.1) is 11.1 Å². The molecule has 28 heavy (non-hydrogen) atoms. The first-order valence-electron chi connectivity index (χ1n) is 8.75. The molecule has 0 bridgehead atoms. The summed E-state index contributed by atoms with van der Waals surface area (Å²) in [6.07, 6.45) is -2.99. The highest BCUT2D eigenvalue weighted by atomic mass is 19.4. The molecule has 0 atom stereocenters. The molecule has 2 nitrogen and oxygen atoms in total. The van der Waals surface area contributed by atoms with Crippen molar-refractivity contribution < 1.29 is 17.9 Å². The fourth-order valence-electron chi connectivity index (χ4n) is 3.23. The van der Waals surface area contributed by atoms with Gasteiger partial charge in [0.1, 0.15) is 12.4 Å². The average Bonchev–Trinajstić information content (AvgIpc) is 2.72. The molecular formula is C23H16F3NO. The van der Waals surface area contributed by atoms with Crippen molar-refractivity contribution >= 4 is 10.9 Å². The predicted molar refractivity (Wildman–Crippen MR) is 103 cm³/mol. The van der Waals surface area contributed by atoms with Gasteiger partial charge >= 0.3 is 6.18 Å². The molecule has 5 heteroatoms. The molecule has 3 aromatic carbocycles. The zero-order valence-electron chi connectivity index (χ0n) is 14.8. The first-order chi connectivity index (χ1) is 13.5. The monoisotopic (exact) mass is 379 g/mol. The molecule has 1 aromatic heterocycles. The van der Waals surface area contributed by atoms with Crippen LogP contribution in [0.2, 0.25) is 0 Å². The number of hydrogen-bond donors (Lipinski definition) is 0. The molecular weight excluding hydrogens is 363 g/mol. The topological polar surface area (TPSA) is 22.1 Å². The van der Waals surface area contributed by atoms with Crippen molar-refractivity contribution in [3.05, 3.63) is 96.2 Å². The van der Waals surface area contributed by atoms with Crippen LogP contribution in [-0.2, 0) is 12.8 Å². The molecule has 0 spiro atoms. The van der Waals surface area contributed by atoms with Crippen molar-refractivity contribution in [3.63, 3.8) is 0 Å². The first kappa shape index (κ1) is 18.0. The molecule has 0 saturated heterocycles. The summed E-state index contributed by atoms with van der Waals surface area (Å²) in [5.41, 5.74) is 1.45. The van der Waals surface area contributed by atoms with Gasteiger partial charge in [-0.05, 0) is 29.3 Å². The number of fused-ring (bicyclic) bond motifs is 1. The molecule has 0 amide bonds. The highest BCUT2D eigenvalue weighted by Gasteiger charge is 2.33. The molecule has 0 saturated carbocycles. The number of rotatable bonds is 4. The minimum atomic E-state index is -4.47. The Morgan fingerprint density at radius 3 is 2.14 bits per heavy atom. The summed E-state index contributed by atoms with van der Waals surface area (Å²) in [4.78, 5) is 4.15. The smallest absolute Gasteiger partial charge is 0.418 e. The van der Waals surface area contributed by atoms with Gasteiger partial charge in [0.25, 0.3) is 0 Å². The summed E-state index contributed by atoms with van der Waals surface area (Å²) >= 11 is 0. The number of aromatic nitrogens is 1. The Labute approximate surface area is 160 Å². The third-order valence-corrected chi connectivity index (χ3v) is 4.48. The number of pyridine rings is 1. The normalized spacial score (nSPS) is 11.5. The minimum Gasteiger partial charge on any atom is -0.489 e. The maximum Gasteiger partial charge on any atom is 0.418 e. The van der Waals surface area contributed by atoms with Crippen LogP contribution in [0.1, 0.15) is 11.1 Å². The van der Waals surface area contributed by atoms with Crippen LogP contribution in [-0.4, -0.2) is 4.98 Å². The molecule has 4 aromatic rings. The number of para-hydroxylation sites is 2. The Balaban J connectivity index is 1.88. The SMILES string of the molecule is FC(F)(F)c1cccc2c(-c3ccccc3)c(COc3ccccc3)cnc12. The van der Waals surface area contributed by atoms with Crippen LogP contribution in [0, 0.1) is 0 Å². The second kappa shape index (κ2) is 7.35. The number of benzene rings is 3. The number of alkyl halides is 3. The lowest BCUT2D eigenvalue weighted by molar-refractivity contribution is -0.136. The fraction of sp³-hybridized carbons (Fsp3) is 0.0870. The van der Waals surface area contributed by atoms with E-state index in [1.807, 2.05) is 60.7 Å². The minimum absolute atomic E-state index is 0.0580. The van der Waals surface area contributed by atoms with Gasteiger partial charge in [-0.15, -0.1) is 0 Å². The lowest BCUT2D eigenvalue weighted by Gasteiger charge is -2.16. The van der Waals surface area contributed by atoms with E-state index in [0.717, 1.165) is 17.2 Å². The lowest BCUT2D eigenvalue weighted by Crippen LogP contribution is -2.08. The second-order valence-corrected chi connectivity index (χ2v) is 6.33. The number of nitrogens with zero attached hydrogens (tertiary/aromatic N) is 1. The maximum atomic E-state index is 13.5. The Kier molecular flexibility index (Phi) is 4.74. The Hall–Kier alpha value is -3.34. The number of hydrogen-bond acceptors (Lipinski definition) is 2. The van der Waals surface area contributed by atoms with Gasteiger partial charge in [0.15, 0.2) is 0 Å². The van der Waals surface area contributed by atoms with E-state index in [1.54, 1.807) is 6.07 Å². The highest BCUT2D eigenvalue weighted by molar-refractivity contribution is 5.97. The molecule has 0 unspecified atom stereocenters. The highest BCUT2D eigenvalue weighted by Crippen LogP contribution is 2.38. The van der Waals surface area contributed by atoms with Gasteiger partial charge in [-0.25, -0.2) is 0 Å². The lowest BCUT2D eigenvalue weighted by atomic mass is 9.95. The molecule has 0 aliphatic heterocycles. The van der Waals surface area contributed by atoms with E-state index in [4.69, 9.17) is 4.74 Å². The van der Waals surface area contributed by atoms with Crippen LogP contribution < -0.4 is 4.74 Å². The first-order valence-corrected chi connectivity index (χ1v) is 8.75. The standard InChI is InChI=1S/C23H16F3NO/c24-23(25,26)20-13-7-12-19-21(16-8-3-1-4-9-16)17(14-27-22(19)20)15-28-18-10-5-2-6-11-18/h1-14H,15H2. The zero-order chi connectivity index (χ0) is 19.6. The van der Waals surface area contributed by atoms with E-state index in [9.17, 15) is 13.2 Å². The average molecular weight is 379 g/mol. The molecule has 0 N–H and O–H groups in total. The van der Waals surface area contributed by atoms with Crippen molar-refractivity contribution in [2.45, 2.75) is 12.8 Å². The third kappa shape index (κ3) is 3.56. The van der Waals surface area contributed by atoms with E-state index in [1.165, 1.54) is 12.3 Å². The van der Waals surface area contributed by atoms with Gasteiger partial charge in [-0.3, -0.25) is 4.98 Å². The van der Waals surface area contributed by atoms with Crippen molar-refractivity contribution in [3.8, 4) is 16.9 Å². The second-order valence-electron chi connectivity index (χ2n) is 6.33. The molecule has 140 valence electrons. The van der Waals surface area contributed by atoms with Crippen LogP contribution in [0.25, 0.3) is 22.0 Å². The van der Waals surface area contributed by atoms with Crippen molar-refractivity contribution in [1.82, 2.24) is 4.98 Å². The van der Waals surface area contributed by atoms with Crippen molar-refractivity contribution in [2.75, 3.05) is 0 Å². The maximum absolute atomic E-state index is 13.5. The summed E-state index contributed by atoms with van der Waals surface area (Å²) in [6.45, 7) is 0.202. The van der Waals surface area contributed by atoms with Gasteiger partial charge in [-0.1, -0.05) is 60.7 Å². The fourth-order valence-corrected chi connectivity index (χ4v) is 3.23. The van der Waals surface area contributed by atoms with E-state index in [0.29, 0.717) is 16.7 Å². The van der Waals surface area contributed by atoms with E-state index < -0.39 is 11.7 Å². The van der Waals surface area contributed by atoms with Gasteiger partial charge in [0, 0.05) is 17.1 Å². The summed E-state index contributed by atoms with van der Waals surface area (Å²) in [6, 6.07) is 22.8. The Morgan fingerprint density at radius 2 is 1.46 bits per heavy atom. The zero-order valence-corrected chi connectivity index (χ0v) is 14.8. The van der Waals surface area contributed by atoms with Gasteiger partial charge in [0.2, 0.25) is 0 Å². The molecule has 0 aliphatic rings. The van der Waals surface area contributed by atoms with E-state index in [2.05, 4.69) is 4.98 Å². The largest absolute Gasteiger partial charge is 0.489 e. The molecule has 1 heterocycles. The van der Waals surface area contributed by atoms with E-state index in [-0.39, 0.29) is 12.1 Å². The molecule has 0 radical (unpaired) electrons. The van der Waals surface area contributed by atoms with E-state index >= 15 is 0 Å². The Morgan fingerprint density at radius 1 is 0.786 bits per heavy atom.